The van der Waals surface area contributed by atoms with Gasteiger partial charge in [0.15, 0.2) is 0 Å². The third-order valence-electron chi connectivity index (χ3n) is 4.18. The number of aromatic nitrogens is 2. The first kappa shape index (κ1) is 21.9. The van der Waals surface area contributed by atoms with Crippen molar-refractivity contribution >= 4 is 29.1 Å². The molecule has 158 valence electrons. The number of methoxy groups -OCH3 is 1. The molecule has 0 aliphatic carbocycles. The molecule has 0 fully saturated rings. The molecule has 1 aromatic heterocycles. The molecule has 0 bridgehead atoms. The minimum atomic E-state index is -0.0938. The van der Waals surface area contributed by atoms with Crippen molar-refractivity contribution in [2.24, 2.45) is 0 Å². The first-order chi connectivity index (χ1) is 14.5. The molecule has 1 N–H and O–H groups in total. The Kier molecular flexibility index (Phi) is 7.93. The molecule has 0 unspecified atom stereocenters. The van der Waals surface area contributed by atoms with E-state index in [0.29, 0.717) is 53.5 Å². The van der Waals surface area contributed by atoms with Crippen molar-refractivity contribution in [2.75, 3.05) is 20.3 Å². The Balaban J connectivity index is 1.35. The SMILES string of the molecule is COc1ccc(-c2noc(CCC(=O)NCCCOc3ccc(Cl)cc3Cl)n2)cc1. The number of rotatable bonds is 10. The summed E-state index contributed by atoms with van der Waals surface area (Å²) in [5.74, 6) is 2.11. The number of hydrogen-bond acceptors (Lipinski definition) is 6. The Bertz CT molecular complexity index is 977. The van der Waals surface area contributed by atoms with Gasteiger partial charge < -0.3 is 19.3 Å². The van der Waals surface area contributed by atoms with Gasteiger partial charge in [-0.05, 0) is 48.9 Å². The highest BCUT2D eigenvalue weighted by Crippen LogP contribution is 2.27. The summed E-state index contributed by atoms with van der Waals surface area (Å²) in [7, 11) is 1.61. The summed E-state index contributed by atoms with van der Waals surface area (Å²) < 4.78 is 15.9. The van der Waals surface area contributed by atoms with Crippen LogP contribution in [0.2, 0.25) is 10.0 Å². The van der Waals surface area contributed by atoms with Crippen LogP contribution in [0.1, 0.15) is 18.7 Å². The molecule has 1 heterocycles. The van der Waals surface area contributed by atoms with Gasteiger partial charge in [-0.1, -0.05) is 28.4 Å². The maximum atomic E-state index is 12.0. The standard InChI is InChI=1S/C21H21Cl2N3O4/c1-28-16-6-3-14(4-7-16)21-25-20(30-26-21)10-9-19(27)24-11-2-12-29-18-8-5-15(22)13-17(18)23/h3-8,13H,2,9-12H2,1H3,(H,24,27). The van der Waals surface area contributed by atoms with Crippen LogP contribution < -0.4 is 14.8 Å². The van der Waals surface area contributed by atoms with Crippen molar-refractivity contribution in [3.05, 3.63) is 58.4 Å². The van der Waals surface area contributed by atoms with E-state index < -0.39 is 0 Å². The zero-order valence-electron chi connectivity index (χ0n) is 16.4. The molecule has 0 radical (unpaired) electrons. The summed E-state index contributed by atoms with van der Waals surface area (Å²) in [5, 5.41) is 7.80. The lowest BCUT2D eigenvalue weighted by molar-refractivity contribution is -0.121. The van der Waals surface area contributed by atoms with Gasteiger partial charge in [-0.3, -0.25) is 4.79 Å². The second-order valence-corrected chi connectivity index (χ2v) is 7.21. The van der Waals surface area contributed by atoms with E-state index in [1.165, 1.54) is 0 Å². The molecule has 0 atom stereocenters. The molecular weight excluding hydrogens is 429 g/mol. The third kappa shape index (κ3) is 6.37. The highest BCUT2D eigenvalue weighted by atomic mass is 35.5. The Labute approximate surface area is 184 Å². The highest BCUT2D eigenvalue weighted by Gasteiger charge is 2.11. The first-order valence-electron chi connectivity index (χ1n) is 9.36. The average molecular weight is 450 g/mol. The number of ether oxygens (including phenoxy) is 2. The first-order valence-corrected chi connectivity index (χ1v) is 10.1. The van der Waals surface area contributed by atoms with Crippen LogP contribution in [-0.2, 0) is 11.2 Å². The molecule has 0 spiro atoms. The van der Waals surface area contributed by atoms with Crippen LogP contribution in [0.4, 0.5) is 0 Å². The van der Waals surface area contributed by atoms with Crippen LogP contribution in [0.15, 0.2) is 47.0 Å². The summed E-state index contributed by atoms with van der Waals surface area (Å²) in [6.45, 7) is 0.918. The van der Waals surface area contributed by atoms with Crippen LogP contribution in [0.5, 0.6) is 11.5 Å². The molecule has 7 nitrogen and oxygen atoms in total. The molecule has 30 heavy (non-hydrogen) atoms. The summed E-state index contributed by atoms with van der Waals surface area (Å²) in [6.07, 6.45) is 1.27. The molecule has 0 aliphatic heterocycles. The van der Waals surface area contributed by atoms with Gasteiger partial charge in [-0.15, -0.1) is 0 Å². The molecule has 0 saturated heterocycles. The summed E-state index contributed by atoms with van der Waals surface area (Å²) >= 11 is 11.9. The predicted octanol–water partition coefficient (Wildman–Crippen LogP) is 4.57. The van der Waals surface area contributed by atoms with Gasteiger partial charge in [0.25, 0.3) is 0 Å². The fraction of sp³-hybridized carbons (Fsp3) is 0.286. The van der Waals surface area contributed by atoms with Crippen LogP contribution in [0, 0.1) is 0 Å². The summed E-state index contributed by atoms with van der Waals surface area (Å²) in [5.41, 5.74) is 0.816. The van der Waals surface area contributed by atoms with Gasteiger partial charge in [0, 0.05) is 30.0 Å². The number of hydrogen-bond donors (Lipinski definition) is 1. The van der Waals surface area contributed by atoms with Crippen LogP contribution in [-0.4, -0.2) is 36.3 Å². The highest BCUT2D eigenvalue weighted by molar-refractivity contribution is 6.35. The Morgan fingerprint density at radius 2 is 1.97 bits per heavy atom. The maximum Gasteiger partial charge on any atom is 0.227 e. The van der Waals surface area contributed by atoms with Gasteiger partial charge >= 0.3 is 0 Å². The largest absolute Gasteiger partial charge is 0.497 e. The second kappa shape index (κ2) is 10.8. The van der Waals surface area contributed by atoms with Gasteiger partial charge in [0.1, 0.15) is 11.5 Å². The van der Waals surface area contributed by atoms with Gasteiger partial charge in [0.2, 0.25) is 17.6 Å². The molecule has 1 amide bonds. The second-order valence-electron chi connectivity index (χ2n) is 6.37. The van der Waals surface area contributed by atoms with Crippen LogP contribution in [0.3, 0.4) is 0 Å². The van der Waals surface area contributed by atoms with E-state index in [2.05, 4.69) is 15.5 Å². The molecular formula is C21H21Cl2N3O4. The minimum Gasteiger partial charge on any atom is -0.497 e. The summed E-state index contributed by atoms with van der Waals surface area (Å²) in [4.78, 5) is 16.3. The fourth-order valence-corrected chi connectivity index (χ4v) is 3.06. The van der Waals surface area contributed by atoms with Crippen molar-refractivity contribution in [3.63, 3.8) is 0 Å². The minimum absolute atomic E-state index is 0.0938. The lowest BCUT2D eigenvalue weighted by Gasteiger charge is -2.08. The van der Waals surface area contributed by atoms with Crippen LogP contribution >= 0.6 is 23.2 Å². The predicted molar refractivity (Wildman–Crippen MR) is 114 cm³/mol. The quantitative estimate of drug-likeness (QED) is 0.456. The molecule has 3 rings (SSSR count). The van der Waals surface area contributed by atoms with E-state index in [-0.39, 0.29) is 12.3 Å². The van der Waals surface area contributed by atoms with E-state index in [1.807, 2.05) is 24.3 Å². The smallest absolute Gasteiger partial charge is 0.227 e. The van der Waals surface area contributed by atoms with Gasteiger partial charge in [-0.25, -0.2) is 0 Å². The van der Waals surface area contributed by atoms with Crippen LogP contribution in [0.25, 0.3) is 11.4 Å². The van der Waals surface area contributed by atoms with Crippen molar-refractivity contribution in [3.8, 4) is 22.9 Å². The lowest BCUT2D eigenvalue weighted by Crippen LogP contribution is -2.25. The van der Waals surface area contributed by atoms with Gasteiger partial charge in [0.05, 0.1) is 18.7 Å². The number of benzene rings is 2. The number of carbonyl (C=O) groups excluding carboxylic acids is 1. The summed E-state index contributed by atoms with van der Waals surface area (Å²) in [6, 6.07) is 12.4. The normalized spacial score (nSPS) is 10.6. The molecule has 2 aromatic carbocycles. The van der Waals surface area contributed by atoms with E-state index >= 15 is 0 Å². The zero-order valence-corrected chi connectivity index (χ0v) is 17.9. The molecule has 3 aromatic rings. The lowest BCUT2D eigenvalue weighted by atomic mass is 10.2. The zero-order chi connectivity index (χ0) is 21.3. The number of nitrogens with one attached hydrogen (secondary N) is 1. The van der Waals surface area contributed by atoms with Crippen molar-refractivity contribution < 1.29 is 18.8 Å². The number of nitrogens with zero attached hydrogens (tertiary/aromatic N) is 2. The van der Waals surface area contributed by atoms with E-state index in [9.17, 15) is 4.79 Å². The molecule has 0 aliphatic rings. The van der Waals surface area contributed by atoms with Crippen molar-refractivity contribution in [2.45, 2.75) is 19.3 Å². The monoisotopic (exact) mass is 449 g/mol. The fourth-order valence-electron chi connectivity index (χ4n) is 2.60. The van der Waals surface area contributed by atoms with Gasteiger partial charge in [-0.2, -0.15) is 4.98 Å². The average Bonchev–Trinajstić information content (AvgIpc) is 3.22. The number of amides is 1. The van der Waals surface area contributed by atoms with Crippen molar-refractivity contribution in [1.82, 2.24) is 15.5 Å². The third-order valence-corrected chi connectivity index (χ3v) is 4.71. The molecule has 0 saturated carbocycles. The number of aryl methyl sites for hydroxylation is 1. The Hall–Kier alpha value is -2.77. The topological polar surface area (TPSA) is 86.5 Å². The maximum absolute atomic E-state index is 12.0. The Morgan fingerprint density at radius 1 is 1.17 bits per heavy atom. The van der Waals surface area contributed by atoms with E-state index in [4.69, 9.17) is 37.2 Å². The number of halogens is 2. The van der Waals surface area contributed by atoms with E-state index in [1.54, 1.807) is 25.3 Å². The molecule has 9 heteroatoms. The van der Waals surface area contributed by atoms with E-state index in [0.717, 1.165) is 11.3 Å². The Morgan fingerprint density at radius 3 is 2.70 bits per heavy atom. The van der Waals surface area contributed by atoms with Crippen molar-refractivity contribution in [1.29, 1.82) is 0 Å². The number of carbonyl (C=O) groups is 1.